The van der Waals surface area contributed by atoms with Crippen LogP contribution < -0.4 is 0 Å². The molecule has 3 heteroatoms. The molecular weight excluding hydrogens is 322 g/mol. The van der Waals surface area contributed by atoms with Crippen LogP contribution in [0.2, 0.25) is 0 Å². The molecule has 1 aliphatic rings. The number of carbonyl (C=O) groups is 1. The Morgan fingerprint density at radius 3 is 2.19 bits per heavy atom. The van der Waals surface area contributed by atoms with E-state index in [9.17, 15) is 4.79 Å². The van der Waals surface area contributed by atoms with E-state index in [1.807, 2.05) is 36.4 Å². The minimum atomic E-state index is -0.0443. The van der Waals surface area contributed by atoms with Gasteiger partial charge in [-0.1, -0.05) is 74.0 Å². The van der Waals surface area contributed by atoms with Crippen LogP contribution >= 0.6 is 0 Å². The van der Waals surface area contributed by atoms with Crippen molar-refractivity contribution in [3.63, 3.8) is 0 Å². The highest BCUT2D eigenvalue weighted by molar-refractivity contribution is 6.13. The lowest BCUT2D eigenvalue weighted by molar-refractivity contribution is -0.148. The molecule has 0 aromatic heterocycles. The van der Waals surface area contributed by atoms with Gasteiger partial charge >= 0.3 is 5.97 Å². The van der Waals surface area contributed by atoms with Crippen molar-refractivity contribution < 1.29 is 9.53 Å². The average Bonchev–Trinajstić information content (AvgIpc) is 3.16. The number of rotatable bonds is 7. The fourth-order valence-corrected chi connectivity index (χ4v) is 3.41. The van der Waals surface area contributed by atoms with Crippen LogP contribution in [0.4, 0.5) is 0 Å². The Balaban J connectivity index is 1.74. The minimum absolute atomic E-state index is 0.00611. The number of aliphatic imine (C=N–C) groups is 1. The summed E-state index contributed by atoms with van der Waals surface area (Å²) in [5.41, 5.74) is 3.25. The molecule has 0 radical (unpaired) electrons. The Kier molecular flexibility index (Phi) is 6.59. The maximum Gasteiger partial charge on any atom is 0.309 e. The van der Waals surface area contributed by atoms with Gasteiger partial charge in [0.15, 0.2) is 0 Å². The van der Waals surface area contributed by atoms with E-state index in [-0.39, 0.29) is 17.9 Å². The van der Waals surface area contributed by atoms with E-state index < -0.39 is 0 Å². The van der Waals surface area contributed by atoms with Crippen molar-refractivity contribution >= 4 is 11.7 Å². The quantitative estimate of drug-likeness (QED) is 0.399. The Labute approximate surface area is 156 Å². The van der Waals surface area contributed by atoms with E-state index in [0.29, 0.717) is 6.61 Å². The molecule has 2 atom stereocenters. The zero-order chi connectivity index (χ0) is 18.2. The highest BCUT2D eigenvalue weighted by Gasteiger charge is 2.31. The molecule has 3 nitrogen and oxygen atoms in total. The maximum absolute atomic E-state index is 12.2. The highest BCUT2D eigenvalue weighted by atomic mass is 16.5. The molecular formula is C23H27NO2. The molecule has 0 amide bonds. The van der Waals surface area contributed by atoms with Crippen molar-refractivity contribution in [2.75, 3.05) is 6.61 Å². The lowest BCUT2D eigenvalue weighted by Crippen LogP contribution is -2.17. The average molecular weight is 349 g/mol. The van der Waals surface area contributed by atoms with Gasteiger partial charge in [-0.2, -0.15) is 0 Å². The van der Waals surface area contributed by atoms with Crippen molar-refractivity contribution in [1.29, 1.82) is 0 Å². The van der Waals surface area contributed by atoms with Crippen LogP contribution in [-0.4, -0.2) is 24.3 Å². The normalized spacial score (nSPS) is 19.1. The number of hydrogen-bond acceptors (Lipinski definition) is 3. The minimum Gasteiger partial charge on any atom is -0.465 e. The summed E-state index contributed by atoms with van der Waals surface area (Å²) in [4.78, 5) is 17.3. The largest absolute Gasteiger partial charge is 0.465 e. The van der Waals surface area contributed by atoms with Crippen molar-refractivity contribution in [3.05, 3.63) is 71.8 Å². The third-order valence-corrected chi connectivity index (χ3v) is 4.89. The summed E-state index contributed by atoms with van der Waals surface area (Å²) in [6.45, 7) is 2.64. The second-order valence-corrected chi connectivity index (χ2v) is 6.89. The van der Waals surface area contributed by atoms with Gasteiger partial charge in [0.2, 0.25) is 0 Å². The van der Waals surface area contributed by atoms with E-state index in [2.05, 4.69) is 31.2 Å². The summed E-state index contributed by atoms with van der Waals surface area (Å²) in [5, 5.41) is 0. The van der Waals surface area contributed by atoms with E-state index in [1.54, 1.807) is 0 Å². The summed E-state index contributed by atoms with van der Waals surface area (Å²) in [6.07, 6.45) is 4.58. The van der Waals surface area contributed by atoms with Crippen LogP contribution in [0.25, 0.3) is 0 Å². The van der Waals surface area contributed by atoms with Crippen LogP contribution in [0.5, 0.6) is 0 Å². The van der Waals surface area contributed by atoms with Gasteiger partial charge in [0.05, 0.1) is 24.3 Å². The number of ether oxygens (including phenoxy) is 1. The molecule has 2 aromatic carbocycles. The van der Waals surface area contributed by atoms with Gasteiger partial charge in [0.1, 0.15) is 0 Å². The number of esters is 1. The topological polar surface area (TPSA) is 38.7 Å². The molecule has 1 fully saturated rings. The third-order valence-electron chi connectivity index (χ3n) is 4.89. The predicted molar refractivity (Wildman–Crippen MR) is 106 cm³/mol. The summed E-state index contributed by atoms with van der Waals surface area (Å²) in [5.74, 6) is -0.0504. The molecule has 0 spiro atoms. The lowest BCUT2D eigenvalue weighted by Gasteiger charge is -2.12. The molecule has 3 rings (SSSR count). The number of carbonyl (C=O) groups excluding carboxylic acids is 1. The van der Waals surface area contributed by atoms with Gasteiger partial charge < -0.3 is 4.74 Å². The smallest absolute Gasteiger partial charge is 0.309 e. The molecule has 0 bridgehead atoms. The summed E-state index contributed by atoms with van der Waals surface area (Å²) < 4.78 is 5.40. The zero-order valence-corrected chi connectivity index (χ0v) is 15.4. The first-order valence-corrected chi connectivity index (χ1v) is 9.63. The Hall–Kier alpha value is -2.42. The Morgan fingerprint density at radius 2 is 1.62 bits per heavy atom. The summed E-state index contributed by atoms with van der Waals surface area (Å²) >= 11 is 0. The SMILES string of the molecule is CCCCOC(=O)[C@H]1CC[C@@H](N=C(c2ccccc2)c2ccccc2)C1. The van der Waals surface area contributed by atoms with E-state index in [0.717, 1.165) is 48.9 Å². The van der Waals surface area contributed by atoms with E-state index >= 15 is 0 Å². The van der Waals surface area contributed by atoms with Crippen LogP contribution in [0.1, 0.15) is 50.2 Å². The fraction of sp³-hybridized carbons (Fsp3) is 0.391. The Morgan fingerprint density at radius 1 is 1.00 bits per heavy atom. The summed E-state index contributed by atoms with van der Waals surface area (Å²) in [6, 6.07) is 20.7. The monoisotopic (exact) mass is 349 g/mol. The first-order valence-electron chi connectivity index (χ1n) is 9.63. The van der Waals surface area contributed by atoms with E-state index in [1.165, 1.54) is 0 Å². The summed E-state index contributed by atoms with van der Waals surface area (Å²) in [7, 11) is 0. The van der Waals surface area contributed by atoms with Gasteiger partial charge in [0.25, 0.3) is 0 Å². The van der Waals surface area contributed by atoms with Crippen molar-refractivity contribution in [2.24, 2.45) is 10.9 Å². The third kappa shape index (κ3) is 4.81. The standard InChI is InChI=1S/C23H27NO2/c1-2-3-16-26-23(25)20-14-15-21(17-20)24-22(18-10-6-4-7-11-18)19-12-8-5-9-13-19/h4-13,20-21H,2-3,14-17H2,1H3/t20-,21+/m0/s1. The molecule has 1 saturated carbocycles. The molecule has 1 aliphatic carbocycles. The number of unbranched alkanes of at least 4 members (excludes halogenated alkanes) is 1. The lowest BCUT2D eigenvalue weighted by atomic mass is 10.0. The molecule has 0 aliphatic heterocycles. The van der Waals surface area contributed by atoms with Crippen LogP contribution in [0, 0.1) is 5.92 Å². The molecule has 0 unspecified atom stereocenters. The van der Waals surface area contributed by atoms with Crippen molar-refractivity contribution in [2.45, 2.75) is 45.1 Å². The number of benzene rings is 2. The predicted octanol–water partition coefficient (Wildman–Crippen LogP) is 5.04. The van der Waals surface area contributed by atoms with E-state index in [4.69, 9.17) is 9.73 Å². The second kappa shape index (κ2) is 9.33. The molecule has 136 valence electrons. The maximum atomic E-state index is 12.2. The molecule has 0 heterocycles. The van der Waals surface area contributed by atoms with Gasteiger partial charge in [-0.05, 0) is 25.7 Å². The number of nitrogens with zero attached hydrogens (tertiary/aromatic N) is 1. The van der Waals surface area contributed by atoms with Gasteiger partial charge in [0, 0.05) is 11.1 Å². The van der Waals surface area contributed by atoms with Gasteiger partial charge in [-0.3, -0.25) is 9.79 Å². The molecule has 0 saturated heterocycles. The fourth-order valence-electron chi connectivity index (χ4n) is 3.41. The zero-order valence-electron chi connectivity index (χ0n) is 15.4. The van der Waals surface area contributed by atoms with Crippen LogP contribution in [0.15, 0.2) is 65.7 Å². The first kappa shape index (κ1) is 18.4. The molecule has 2 aromatic rings. The van der Waals surface area contributed by atoms with Gasteiger partial charge in [-0.25, -0.2) is 0 Å². The van der Waals surface area contributed by atoms with Crippen LogP contribution in [0.3, 0.4) is 0 Å². The molecule has 26 heavy (non-hydrogen) atoms. The van der Waals surface area contributed by atoms with Crippen LogP contribution in [-0.2, 0) is 9.53 Å². The Bertz CT molecular complexity index is 683. The second-order valence-electron chi connectivity index (χ2n) is 6.89. The van der Waals surface area contributed by atoms with Crippen molar-refractivity contribution in [3.8, 4) is 0 Å². The first-order chi connectivity index (χ1) is 12.8. The van der Waals surface area contributed by atoms with Crippen molar-refractivity contribution in [1.82, 2.24) is 0 Å². The van der Waals surface area contributed by atoms with Gasteiger partial charge in [-0.15, -0.1) is 0 Å². The highest BCUT2D eigenvalue weighted by Crippen LogP contribution is 2.30. The number of hydrogen-bond donors (Lipinski definition) is 0. The molecule has 0 N–H and O–H groups in total.